The summed E-state index contributed by atoms with van der Waals surface area (Å²) in [5.74, 6) is -2.00. The summed E-state index contributed by atoms with van der Waals surface area (Å²) >= 11 is 0. The second kappa shape index (κ2) is 10.5. The number of amides is 3. The van der Waals surface area contributed by atoms with E-state index in [1.54, 1.807) is 25.7 Å². The summed E-state index contributed by atoms with van der Waals surface area (Å²) in [6.45, 7) is 11.3. The molecular formula is C20H35N3O6. The normalized spacial score (nSPS) is 18.3. The fourth-order valence-corrected chi connectivity index (χ4v) is 3.07. The lowest BCUT2D eigenvalue weighted by atomic mass is 9.93. The van der Waals surface area contributed by atoms with E-state index < -0.39 is 29.7 Å². The minimum absolute atomic E-state index is 0.0764. The van der Waals surface area contributed by atoms with Gasteiger partial charge in [-0.05, 0) is 46.5 Å². The van der Waals surface area contributed by atoms with Gasteiger partial charge in [0.2, 0.25) is 11.8 Å². The van der Waals surface area contributed by atoms with Crippen LogP contribution in [0.4, 0.5) is 4.79 Å². The van der Waals surface area contributed by atoms with Crippen molar-refractivity contribution >= 4 is 23.9 Å². The molecule has 3 N–H and O–H groups in total. The Kier molecular flexibility index (Phi) is 8.91. The second-order valence-electron chi connectivity index (χ2n) is 8.68. The Hall–Kier alpha value is -2.32. The number of likely N-dealkylation sites (tertiary alicyclic amines) is 1. The Balaban J connectivity index is 2.69. The van der Waals surface area contributed by atoms with E-state index in [1.165, 1.54) is 6.92 Å². The molecule has 0 unspecified atom stereocenters. The molecule has 0 bridgehead atoms. The summed E-state index contributed by atoms with van der Waals surface area (Å²) in [6, 6.07) is -1.65. The molecule has 3 amide bonds. The zero-order valence-electron chi connectivity index (χ0n) is 18.3. The van der Waals surface area contributed by atoms with Gasteiger partial charge >= 0.3 is 12.1 Å². The van der Waals surface area contributed by atoms with Crippen molar-refractivity contribution in [2.75, 3.05) is 13.1 Å². The number of nitrogens with one attached hydrogen (secondary N) is 2. The summed E-state index contributed by atoms with van der Waals surface area (Å²) in [4.78, 5) is 49.9. The number of aliphatic carboxylic acids is 1. The Labute approximate surface area is 172 Å². The van der Waals surface area contributed by atoms with Gasteiger partial charge in [-0.1, -0.05) is 20.3 Å². The van der Waals surface area contributed by atoms with Gasteiger partial charge < -0.3 is 25.4 Å². The van der Waals surface area contributed by atoms with Gasteiger partial charge in [-0.2, -0.15) is 0 Å². The minimum atomic E-state index is -1.09. The van der Waals surface area contributed by atoms with Gasteiger partial charge in [0.25, 0.3) is 0 Å². The van der Waals surface area contributed by atoms with Crippen LogP contribution in [0.15, 0.2) is 0 Å². The lowest BCUT2D eigenvalue weighted by molar-refractivity contribution is -0.142. The highest BCUT2D eigenvalue weighted by molar-refractivity contribution is 5.87. The smallest absolute Gasteiger partial charge is 0.408 e. The van der Waals surface area contributed by atoms with Crippen LogP contribution in [-0.2, 0) is 19.1 Å². The molecule has 1 fully saturated rings. The molecule has 9 heteroatoms. The summed E-state index contributed by atoms with van der Waals surface area (Å²) < 4.78 is 5.28. The van der Waals surface area contributed by atoms with E-state index in [1.807, 2.05) is 13.8 Å². The molecular weight excluding hydrogens is 378 g/mol. The first-order valence-corrected chi connectivity index (χ1v) is 10.2. The number of ether oxygens (including phenoxy) is 1. The maximum atomic E-state index is 13.0. The minimum Gasteiger partial charge on any atom is -0.480 e. The molecule has 29 heavy (non-hydrogen) atoms. The van der Waals surface area contributed by atoms with Crippen molar-refractivity contribution in [3.05, 3.63) is 0 Å². The number of rotatable bonds is 7. The van der Waals surface area contributed by atoms with Crippen LogP contribution >= 0.6 is 0 Å². The summed E-state index contributed by atoms with van der Waals surface area (Å²) in [7, 11) is 0. The Morgan fingerprint density at radius 3 is 2.10 bits per heavy atom. The van der Waals surface area contributed by atoms with Crippen LogP contribution in [0, 0.1) is 11.8 Å². The number of carboxylic acid groups (broad SMARTS) is 1. The van der Waals surface area contributed by atoms with Gasteiger partial charge in [-0.3, -0.25) is 14.4 Å². The molecule has 0 aromatic rings. The van der Waals surface area contributed by atoms with Crippen molar-refractivity contribution in [1.82, 2.24) is 15.5 Å². The number of carbonyl (C=O) groups is 4. The molecule has 1 heterocycles. The van der Waals surface area contributed by atoms with Gasteiger partial charge in [0.15, 0.2) is 0 Å². The molecule has 166 valence electrons. The molecule has 1 saturated heterocycles. The van der Waals surface area contributed by atoms with Crippen LogP contribution in [0.25, 0.3) is 0 Å². The molecule has 0 aromatic heterocycles. The quantitative estimate of drug-likeness (QED) is 0.584. The number of hydrogen-bond acceptors (Lipinski definition) is 5. The predicted octanol–water partition coefficient (Wildman–Crippen LogP) is 1.75. The number of alkyl carbamates (subject to hydrolysis) is 1. The molecule has 0 spiro atoms. The number of carboxylic acids is 1. The molecule has 3 atom stereocenters. The van der Waals surface area contributed by atoms with Crippen LogP contribution in [0.5, 0.6) is 0 Å². The predicted molar refractivity (Wildman–Crippen MR) is 107 cm³/mol. The fraction of sp³-hybridized carbons (Fsp3) is 0.800. The van der Waals surface area contributed by atoms with Crippen LogP contribution in [-0.4, -0.2) is 64.7 Å². The van der Waals surface area contributed by atoms with Crippen molar-refractivity contribution in [1.29, 1.82) is 0 Å². The van der Waals surface area contributed by atoms with Crippen LogP contribution in [0.1, 0.15) is 60.8 Å². The van der Waals surface area contributed by atoms with Crippen molar-refractivity contribution in [3.63, 3.8) is 0 Å². The third-order valence-corrected chi connectivity index (χ3v) is 5.06. The standard InChI is InChI=1S/C20H35N3O6/c1-7-12(2)15(22-19(28)29-20(4,5)6)17(25)23-10-8-14(9-11-23)16(24)21-13(3)18(26)27/h12-15H,7-11H2,1-6H3,(H,21,24)(H,22,28)(H,26,27)/t12-,13+,15+/m1/s1. The lowest BCUT2D eigenvalue weighted by Gasteiger charge is -2.35. The van der Waals surface area contributed by atoms with Crippen LogP contribution in [0.2, 0.25) is 0 Å². The number of carbonyl (C=O) groups excluding carboxylic acids is 3. The Morgan fingerprint density at radius 2 is 1.66 bits per heavy atom. The van der Waals surface area contributed by atoms with Crippen molar-refractivity contribution in [2.45, 2.75) is 78.5 Å². The van der Waals surface area contributed by atoms with Gasteiger partial charge in [-0.15, -0.1) is 0 Å². The van der Waals surface area contributed by atoms with E-state index in [0.29, 0.717) is 32.4 Å². The number of hydrogen-bond donors (Lipinski definition) is 3. The summed E-state index contributed by atoms with van der Waals surface area (Å²) in [5, 5.41) is 14.1. The van der Waals surface area contributed by atoms with Gasteiger partial charge in [-0.25, -0.2) is 4.79 Å². The van der Waals surface area contributed by atoms with Crippen LogP contribution < -0.4 is 10.6 Å². The molecule has 0 saturated carbocycles. The zero-order valence-corrected chi connectivity index (χ0v) is 18.3. The summed E-state index contributed by atoms with van der Waals surface area (Å²) in [6.07, 6.45) is 0.971. The number of piperidine rings is 1. The summed E-state index contributed by atoms with van der Waals surface area (Å²) in [5.41, 5.74) is -0.661. The maximum absolute atomic E-state index is 13.0. The Bertz CT molecular complexity index is 608. The monoisotopic (exact) mass is 413 g/mol. The first kappa shape index (κ1) is 24.7. The van der Waals surface area contributed by atoms with Gasteiger partial charge in [0.1, 0.15) is 17.7 Å². The average Bonchev–Trinajstić information content (AvgIpc) is 2.63. The van der Waals surface area contributed by atoms with Gasteiger partial charge in [0.05, 0.1) is 0 Å². The highest BCUT2D eigenvalue weighted by atomic mass is 16.6. The van der Waals surface area contributed by atoms with Crippen molar-refractivity contribution < 1.29 is 29.0 Å². The van der Waals surface area contributed by atoms with Crippen molar-refractivity contribution in [2.24, 2.45) is 11.8 Å². The van der Waals surface area contributed by atoms with Crippen molar-refractivity contribution in [3.8, 4) is 0 Å². The molecule has 1 rings (SSSR count). The molecule has 0 aliphatic carbocycles. The first-order valence-electron chi connectivity index (χ1n) is 10.2. The van der Waals surface area contributed by atoms with Gasteiger partial charge in [0, 0.05) is 19.0 Å². The molecule has 0 radical (unpaired) electrons. The number of nitrogens with zero attached hydrogens (tertiary/aromatic N) is 1. The maximum Gasteiger partial charge on any atom is 0.408 e. The molecule has 0 aromatic carbocycles. The van der Waals surface area contributed by atoms with E-state index in [9.17, 15) is 19.2 Å². The molecule has 1 aliphatic rings. The zero-order chi connectivity index (χ0) is 22.4. The fourth-order valence-electron chi connectivity index (χ4n) is 3.07. The average molecular weight is 414 g/mol. The van der Waals surface area contributed by atoms with Crippen LogP contribution in [0.3, 0.4) is 0 Å². The van der Waals surface area contributed by atoms with E-state index in [0.717, 1.165) is 0 Å². The second-order valence-corrected chi connectivity index (χ2v) is 8.68. The molecule has 1 aliphatic heterocycles. The highest BCUT2D eigenvalue weighted by Gasteiger charge is 2.35. The van der Waals surface area contributed by atoms with E-state index in [4.69, 9.17) is 9.84 Å². The van der Waals surface area contributed by atoms with E-state index in [2.05, 4.69) is 10.6 Å². The van der Waals surface area contributed by atoms with E-state index >= 15 is 0 Å². The molecule has 9 nitrogen and oxygen atoms in total. The first-order chi connectivity index (χ1) is 13.4. The lowest BCUT2D eigenvalue weighted by Crippen LogP contribution is -2.55. The largest absolute Gasteiger partial charge is 0.480 e. The topological polar surface area (TPSA) is 125 Å². The third-order valence-electron chi connectivity index (χ3n) is 5.06. The Morgan fingerprint density at radius 1 is 1.10 bits per heavy atom. The third kappa shape index (κ3) is 7.91. The SMILES string of the molecule is CC[C@@H](C)[C@H](NC(=O)OC(C)(C)C)C(=O)N1CCC(C(=O)N[C@@H](C)C(=O)O)CC1. The highest BCUT2D eigenvalue weighted by Crippen LogP contribution is 2.21. The van der Waals surface area contributed by atoms with E-state index in [-0.39, 0.29) is 23.7 Å².